The molecule has 2 rings (SSSR count). The van der Waals surface area contributed by atoms with Gasteiger partial charge < -0.3 is 10.0 Å². The molecule has 2 aromatic rings. The molecule has 0 aliphatic heterocycles. The zero-order valence-corrected chi connectivity index (χ0v) is 11.0. The first-order valence-electron chi connectivity index (χ1n) is 5.57. The predicted octanol–water partition coefficient (Wildman–Crippen LogP) is 2.46. The number of aromatic carboxylic acids is 1. The summed E-state index contributed by atoms with van der Waals surface area (Å²) in [6, 6.07) is 7.48. The normalized spacial score (nSPS) is 10.2. The van der Waals surface area contributed by atoms with Crippen molar-refractivity contribution in [1.29, 1.82) is 0 Å². The summed E-state index contributed by atoms with van der Waals surface area (Å²) in [4.78, 5) is 20.6. The van der Waals surface area contributed by atoms with Gasteiger partial charge in [-0.05, 0) is 17.7 Å². The largest absolute Gasteiger partial charge is 0.478 e. The van der Waals surface area contributed by atoms with Crippen LogP contribution in [0.1, 0.15) is 15.9 Å². The van der Waals surface area contributed by atoms with E-state index in [0.29, 0.717) is 17.5 Å². The van der Waals surface area contributed by atoms with E-state index in [0.717, 1.165) is 5.56 Å². The van der Waals surface area contributed by atoms with Crippen molar-refractivity contribution in [2.24, 2.45) is 0 Å². The molecule has 0 amide bonds. The van der Waals surface area contributed by atoms with Crippen molar-refractivity contribution < 1.29 is 9.90 Å². The maximum atomic E-state index is 10.7. The molecule has 0 saturated carbocycles. The van der Waals surface area contributed by atoms with Crippen LogP contribution in [-0.2, 0) is 6.54 Å². The summed E-state index contributed by atoms with van der Waals surface area (Å²) in [6.45, 7) is 0.615. The van der Waals surface area contributed by atoms with Crippen molar-refractivity contribution in [3.8, 4) is 0 Å². The highest BCUT2D eigenvalue weighted by molar-refractivity contribution is 6.30. The van der Waals surface area contributed by atoms with Gasteiger partial charge in [-0.15, -0.1) is 0 Å². The molecule has 98 valence electrons. The molecule has 0 bridgehead atoms. The van der Waals surface area contributed by atoms with Gasteiger partial charge >= 0.3 is 5.97 Å². The second kappa shape index (κ2) is 5.67. The van der Waals surface area contributed by atoms with Crippen LogP contribution in [0.25, 0.3) is 0 Å². The van der Waals surface area contributed by atoms with Gasteiger partial charge in [0.25, 0.3) is 0 Å². The fraction of sp³-hybridized carbons (Fsp3) is 0.154. The molecule has 5 nitrogen and oxygen atoms in total. The van der Waals surface area contributed by atoms with Crippen molar-refractivity contribution in [3.05, 3.63) is 52.8 Å². The second-order valence-corrected chi connectivity index (χ2v) is 4.50. The first-order chi connectivity index (χ1) is 9.06. The van der Waals surface area contributed by atoms with Crippen molar-refractivity contribution in [1.82, 2.24) is 9.97 Å². The summed E-state index contributed by atoms with van der Waals surface area (Å²) in [7, 11) is 1.84. The van der Waals surface area contributed by atoms with Gasteiger partial charge in [0, 0.05) is 31.0 Å². The summed E-state index contributed by atoms with van der Waals surface area (Å²) in [6.07, 6.45) is 2.59. The Kier molecular flexibility index (Phi) is 3.97. The van der Waals surface area contributed by atoms with Crippen LogP contribution in [0.4, 0.5) is 5.95 Å². The summed E-state index contributed by atoms with van der Waals surface area (Å²) < 4.78 is 0. The fourth-order valence-corrected chi connectivity index (χ4v) is 1.69. The summed E-state index contributed by atoms with van der Waals surface area (Å²) >= 11 is 5.82. The van der Waals surface area contributed by atoms with Gasteiger partial charge in [0.2, 0.25) is 5.95 Å². The average molecular weight is 278 g/mol. The van der Waals surface area contributed by atoms with E-state index < -0.39 is 5.97 Å². The lowest BCUT2D eigenvalue weighted by Crippen LogP contribution is -2.19. The minimum atomic E-state index is -1.04. The SMILES string of the molecule is CN(Cc1ccc(Cl)cc1)c1ncc(C(=O)O)cn1. The molecule has 0 fully saturated rings. The van der Waals surface area contributed by atoms with E-state index in [-0.39, 0.29) is 5.56 Å². The molecule has 1 N–H and O–H groups in total. The van der Waals surface area contributed by atoms with Crippen LogP contribution < -0.4 is 4.90 Å². The monoisotopic (exact) mass is 277 g/mol. The number of rotatable bonds is 4. The molecule has 6 heteroatoms. The van der Waals surface area contributed by atoms with Crippen molar-refractivity contribution in [2.75, 3.05) is 11.9 Å². The Morgan fingerprint density at radius 1 is 1.26 bits per heavy atom. The minimum absolute atomic E-state index is 0.0728. The number of benzene rings is 1. The van der Waals surface area contributed by atoms with Crippen LogP contribution in [-0.4, -0.2) is 28.1 Å². The number of nitrogens with zero attached hydrogens (tertiary/aromatic N) is 3. The highest BCUT2D eigenvalue weighted by atomic mass is 35.5. The van der Waals surface area contributed by atoms with Crippen molar-refractivity contribution in [3.63, 3.8) is 0 Å². The molecule has 0 unspecified atom stereocenters. The predicted molar refractivity (Wildman–Crippen MR) is 72.6 cm³/mol. The number of carbonyl (C=O) groups is 1. The number of carboxylic acid groups (broad SMARTS) is 1. The number of hydrogen-bond acceptors (Lipinski definition) is 4. The van der Waals surface area contributed by atoms with Crippen LogP contribution >= 0.6 is 11.6 Å². The molecule has 0 radical (unpaired) electrons. The number of aromatic nitrogens is 2. The smallest absolute Gasteiger partial charge is 0.338 e. The second-order valence-electron chi connectivity index (χ2n) is 4.06. The summed E-state index contributed by atoms with van der Waals surface area (Å²) in [5.74, 6) is -0.563. The van der Waals surface area contributed by atoms with Gasteiger partial charge in [-0.1, -0.05) is 23.7 Å². The maximum Gasteiger partial charge on any atom is 0.338 e. The van der Waals surface area contributed by atoms with Crippen LogP contribution in [0, 0.1) is 0 Å². The van der Waals surface area contributed by atoms with Gasteiger partial charge in [0.15, 0.2) is 0 Å². The molecule has 1 aromatic carbocycles. The van der Waals surface area contributed by atoms with Crippen LogP contribution in [0.15, 0.2) is 36.7 Å². The molecule has 0 saturated heterocycles. The third-order valence-electron chi connectivity index (χ3n) is 2.56. The number of hydrogen-bond donors (Lipinski definition) is 1. The summed E-state index contributed by atoms with van der Waals surface area (Å²) in [5, 5.41) is 9.46. The Bertz CT molecular complexity index is 569. The average Bonchev–Trinajstić information content (AvgIpc) is 2.41. The fourth-order valence-electron chi connectivity index (χ4n) is 1.56. The molecule has 0 spiro atoms. The molecule has 0 atom stereocenters. The molecule has 1 heterocycles. The summed E-state index contributed by atoms with van der Waals surface area (Å²) in [5.41, 5.74) is 1.14. The quantitative estimate of drug-likeness (QED) is 0.930. The zero-order chi connectivity index (χ0) is 13.8. The van der Waals surface area contributed by atoms with E-state index in [1.165, 1.54) is 12.4 Å². The molecule has 19 heavy (non-hydrogen) atoms. The third-order valence-corrected chi connectivity index (χ3v) is 2.81. The van der Waals surface area contributed by atoms with E-state index >= 15 is 0 Å². The van der Waals surface area contributed by atoms with Crippen molar-refractivity contribution in [2.45, 2.75) is 6.54 Å². The Hall–Kier alpha value is -2.14. The highest BCUT2D eigenvalue weighted by Crippen LogP contribution is 2.13. The number of carboxylic acids is 1. The molecule has 0 aliphatic carbocycles. The molecule has 1 aromatic heterocycles. The van der Waals surface area contributed by atoms with E-state index in [1.807, 2.05) is 36.2 Å². The van der Waals surface area contributed by atoms with E-state index in [4.69, 9.17) is 16.7 Å². The molecule has 0 aliphatic rings. The number of halogens is 1. The standard InChI is InChI=1S/C13H12ClN3O2/c1-17(8-9-2-4-11(14)5-3-9)13-15-6-10(7-16-13)12(18)19/h2-7H,8H2,1H3,(H,18,19). The van der Waals surface area contributed by atoms with E-state index in [9.17, 15) is 4.79 Å². The van der Waals surface area contributed by atoms with Crippen LogP contribution in [0.2, 0.25) is 5.02 Å². The van der Waals surface area contributed by atoms with Crippen LogP contribution in [0.5, 0.6) is 0 Å². The van der Waals surface area contributed by atoms with E-state index in [1.54, 1.807) is 0 Å². The first kappa shape index (κ1) is 13.3. The van der Waals surface area contributed by atoms with Crippen molar-refractivity contribution >= 4 is 23.5 Å². The zero-order valence-electron chi connectivity index (χ0n) is 10.2. The third kappa shape index (κ3) is 3.42. The van der Waals surface area contributed by atoms with Gasteiger partial charge in [-0.25, -0.2) is 14.8 Å². The maximum absolute atomic E-state index is 10.7. The topological polar surface area (TPSA) is 66.3 Å². The molecular weight excluding hydrogens is 266 g/mol. The number of anilines is 1. The Morgan fingerprint density at radius 2 is 1.84 bits per heavy atom. The van der Waals surface area contributed by atoms with Gasteiger partial charge in [-0.3, -0.25) is 0 Å². The lowest BCUT2D eigenvalue weighted by atomic mass is 10.2. The Balaban J connectivity index is 2.09. The molecular formula is C13H12ClN3O2. The van der Waals surface area contributed by atoms with Gasteiger partial charge in [-0.2, -0.15) is 0 Å². The highest BCUT2D eigenvalue weighted by Gasteiger charge is 2.08. The lowest BCUT2D eigenvalue weighted by molar-refractivity contribution is 0.0696. The van der Waals surface area contributed by atoms with Crippen LogP contribution in [0.3, 0.4) is 0 Å². The van der Waals surface area contributed by atoms with E-state index in [2.05, 4.69) is 9.97 Å². The van der Waals surface area contributed by atoms with Gasteiger partial charge in [0.1, 0.15) is 0 Å². The minimum Gasteiger partial charge on any atom is -0.478 e. The Labute approximate surface area is 115 Å². The van der Waals surface area contributed by atoms with Gasteiger partial charge in [0.05, 0.1) is 5.56 Å². The first-order valence-corrected chi connectivity index (χ1v) is 5.95. The lowest BCUT2D eigenvalue weighted by Gasteiger charge is -2.16. The Morgan fingerprint density at radius 3 is 2.37 bits per heavy atom.